The molecule has 0 unspecified atom stereocenters. The lowest BCUT2D eigenvalue weighted by molar-refractivity contribution is -0.152. The molecule has 2 N–H and O–H groups in total. The van der Waals surface area contributed by atoms with E-state index in [-0.39, 0.29) is 23.2 Å². The Hall–Kier alpha value is -3.95. The van der Waals surface area contributed by atoms with E-state index < -0.39 is 23.3 Å². The molecule has 0 spiro atoms. The Bertz CT molecular complexity index is 1380. The lowest BCUT2D eigenvalue weighted by atomic mass is 10.1. The Morgan fingerprint density at radius 1 is 1.13 bits per heavy atom. The van der Waals surface area contributed by atoms with Gasteiger partial charge in [-0.2, -0.15) is 13.2 Å². The fraction of sp³-hybridized carbons (Fsp3) is 0.379. The van der Waals surface area contributed by atoms with Crippen LogP contribution in [0.5, 0.6) is 5.75 Å². The van der Waals surface area contributed by atoms with Crippen LogP contribution >= 0.6 is 0 Å². The average Bonchev–Trinajstić information content (AvgIpc) is 3.73. The summed E-state index contributed by atoms with van der Waals surface area (Å²) >= 11 is 0. The van der Waals surface area contributed by atoms with Crippen molar-refractivity contribution in [2.75, 3.05) is 6.54 Å². The number of carboxylic acid groups (broad SMARTS) is 1. The van der Waals surface area contributed by atoms with Crippen LogP contribution < -0.4 is 10.1 Å². The van der Waals surface area contributed by atoms with Crippen LogP contribution in [0.3, 0.4) is 0 Å². The van der Waals surface area contributed by atoms with Crippen LogP contribution in [0.1, 0.15) is 71.8 Å². The molecule has 39 heavy (non-hydrogen) atoms. The van der Waals surface area contributed by atoms with Crippen LogP contribution in [0.15, 0.2) is 48.7 Å². The number of carbonyl (C=O) groups excluding carboxylic acids is 1. The van der Waals surface area contributed by atoms with E-state index in [0.29, 0.717) is 36.4 Å². The van der Waals surface area contributed by atoms with E-state index in [1.54, 1.807) is 6.07 Å². The highest BCUT2D eigenvalue weighted by Crippen LogP contribution is 2.41. The second-order valence-electron chi connectivity index (χ2n) is 10.2. The number of carboxylic acids is 1. The first kappa shape index (κ1) is 28.1. The summed E-state index contributed by atoms with van der Waals surface area (Å²) < 4.78 is 45.0. The predicted molar refractivity (Wildman–Crippen MR) is 139 cm³/mol. The minimum absolute atomic E-state index is 0.0908. The molecule has 0 saturated heterocycles. The van der Waals surface area contributed by atoms with Gasteiger partial charge >= 0.3 is 12.1 Å². The molecule has 0 aliphatic heterocycles. The summed E-state index contributed by atoms with van der Waals surface area (Å²) in [5, 5.41) is 12.2. The van der Waals surface area contributed by atoms with Crippen LogP contribution in [-0.2, 0) is 17.4 Å². The quantitative estimate of drug-likeness (QED) is 0.308. The van der Waals surface area contributed by atoms with Gasteiger partial charge in [-0.3, -0.25) is 4.79 Å². The van der Waals surface area contributed by atoms with Crippen molar-refractivity contribution in [3.63, 3.8) is 0 Å². The molecule has 7 nitrogen and oxygen atoms in total. The number of alkyl halides is 3. The van der Waals surface area contributed by atoms with Crippen LogP contribution in [-0.4, -0.2) is 39.1 Å². The highest BCUT2D eigenvalue weighted by Gasteiger charge is 2.33. The summed E-state index contributed by atoms with van der Waals surface area (Å²) in [4.78, 5) is 32.9. The van der Waals surface area contributed by atoms with Crippen LogP contribution in [0.2, 0.25) is 0 Å². The molecule has 3 aromatic rings. The van der Waals surface area contributed by atoms with Crippen molar-refractivity contribution in [1.29, 1.82) is 0 Å². The third kappa shape index (κ3) is 6.93. The summed E-state index contributed by atoms with van der Waals surface area (Å²) in [7, 11) is 0. The van der Waals surface area contributed by atoms with Crippen LogP contribution in [0.25, 0.3) is 11.4 Å². The first-order valence-electron chi connectivity index (χ1n) is 12.7. The lowest BCUT2D eigenvalue weighted by Crippen LogP contribution is -2.38. The van der Waals surface area contributed by atoms with Crippen molar-refractivity contribution < 1.29 is 32.6 Å². The first-order valence-corrected chi connectivity index (χ1v) is 12.7. The molecule has 1 amide bonds. The van der Waals surface area contributed by atoms with Gasteiger partial charge in [0.25, 0.3) is 5.91 Å². The number of rotatable bonds is 10. The molecule has 10 heteroatoms. The number of aromatic nitrogens is 2. The number of nitrogens with zero attached hydrogens (tertiary/aromatic N) is 2. The van der Waals surface area contributed by atoms with Gasteiger partial charge in [0.2, 0.25) is 0 Å². The molecule has 1 fully saturated rings. The zero-order valence-electron chi connectivity index (χ0n) is 21.9. The molecule has 0 bridgehead atoms. The van der Waals surface area contributed by atoms with Gasteiger partial charge in [-0.1, -0.05) is 24.3 Å². The maximum absolute atomic E-state index is 13.1. The van der Waals surface area contributed by atoms with E-state index in [2.05, 4.69) is 15.3 Å². The van der Waals surface area contributed by atoms with Crippen molar-refractivity contribution in [2.24, 2.45) is 0 Å². The standard InChI is InChI=1S/C29H30F3N3O4/c1-17-14-18(9-12-23(17)39-28(2,3)27(37)38)6-5-13-33-26(36)22-16-34-25(35-24(22)19-10-11-19)20-7-4-8-21(15-20)29(30,31)32/h4,7-9,12,14-16,19H,5-6,10-11,13H2,1-3H3,(H,33,36)(H,37,38). The summed E-state index contributed by atoms with van der Waals surface area (Å²) in [6, 6.07) is 10.4. The summed E-state index contributed by atoms with van der Waals surface area (Å²) in [6.45, 7) is 5.23. The topological polar surface area (TPSA) is 101 Å². The number of hydrogen-bond acceptors (Lipinski definition) is 5. The van der Waals surface area contributed by atoms with Crippen molar-refractivity contribution in [3.8, 4) is 17.1 Å². The largest absolute Gasteiger partial charge is 0.478 e. The number of aryl methyl sites for hydroxylation is 2. The smallest absolute Gasteiger partial charge is 0.416 e. The summed E-state index contributed by atoms with van der Waals surface area (Å²) in [5.41, 5.74) is 0.867. The Morgan fingerprint density at radius 3 is 2.51 bits per heavy atom. The van der Waals surface area contributed by atoms with E-state index in [4.69, 9.17) is 4.74 Å². The zero-order valence-corrected chi connectivity index (χ0v) is 21.9. The van der Waals surface area contributed by atoms with Crippen molar-refractivity contribution in [1.82, 2.24) is 15.3 Å². The Kier molecular flexibility index (Phi) is 7.94. The van der Waals surface area contributed by atoms with E-state index in [1.165, 1.54) is 32.2 Å². The average molecular weight is 542 g/mol. The fourth-order valence-electron chi connectivity index (χ4n) is 4.10. The monoisotopic (exact) mass is 541 g/mol. The number of benzene rings is 2. The van der Waals surface area contributed by atoms with Gasteiger partial charge in [0.05, 0.1) is 16.8 Å². The number of halogens is 3. The SMILES string of the molecule is Cc1cc(CCCNC(=O)c2cnc(-c3cccc(C(F)(F)F)c3)nc2C2CC2)ccc1OC(C)(C)C(=O)O. The summed E-state index contributed by atoms with van der Waals surface area (Å²) in [6.07, 6.45) is -0.00455. The molecule has 1 aliphatic rings. The molecule has 1 saturated carbocycles. The van der Waals surface area contributed by atoms with Gasteiger partial charge in [0.1, 0.15) is 5.75 Å². The second kappa shape index (κ2) is 11.0. The minimum atomic E-state index is -4.47. The van der Waals surface area contributed by atoms with Gasteiger partial charge in [0.15, 0.2) is 11.4 Å². The zero-order chi connectivity index (χ0) is 28.4. The van der Waals surface area contributed by atoms with Crippen molar-refractivity contribution >= 4 is 11.9 Å². The van der Waals surface area contributed by atoms with E-state index in [0.717, 1.165) is 36.1 Å². The summed E-state index contributed by atoms with van der Waals surface area (Å²) in [5.74, 6) is -0.617. The van der Waals surface area contributed by atoms with Gasteiger partial charge < -0.3 is 15.2 Å². The number of hydrogen-bond donors (Lipinski definition) is 2. The molecule has 1 heterocycles. The molecule has 0 atom stereocenters. The molecule has 0 radical (unpaired) electrons. The maximum atomic E-state index is 13.1. The Labute approximate surface area is 224 Å². The number of amides is 1. The van der Waals surface area contributed by atoms with Gasteiger partial charge in [-0.05, 0) is 75.8 Å². The van der Waals surface area contributed by atoms with E-state index >= 15 is 0 Å². The van der Waals surface area contributed by atoms with Gasteiger partial charge in [-0.15, -0.1) is 0 Å². The predicted octanol–water partition coefficient (Wildman–Crippen LogP) is 5.95. The molecule has 206 valence electrons. The van der Waals surface area contributed by atoms with Crippen LogP contribution in [0.4, 0.5) is 13.2 Å². The molecule has 2 aromatic carbocycles. The Morgan fingerprint density at radius 2 is 1.87 bits per heavy atom. The molecular weight excluding hydrogens is 511 g/mol. The number of carbonyl (C=O) groups is 2. The van der Waals surface area contributed by atoms with Crippen molar-refractivity contribution in [2.45, 2.75) is 64.1 Å². The van der Waals surface area contributed by atoms with Crippen LogP contribution in [0, 0.1) is 6.92 Å². The highest BCUT2D eigenvalue weighted by atomic mass is 19.4. The molecule has 4 rings (SSSR count). The second-order valence-corrected chi connectivity index (χ2v) is 10.2. The van der Waals surface area contributed by atoms with Gasteiger partial charge in [0, 0.05) is 24.2 Å². The maximum Gasteiger partial charge on any atom is 0.416 e. The number of nitrogens with one attached hydrogen (secondary N) is 1. The molecule has 1 aromatic heterocycles. The molecule has 1 aliphatic carbocycles. The molecular formula is C29H30F3N3O4. The van der Waals surface area contributed by atoms with E-state index in [9.17, 15) is 27.9 Å². The third-order valence-electron chi connectivity index (χ3n) is 6.52. The fourth-order valence-corrected chi connectivity index (χ4v) is 4.10. The highest BCUT2D eigenvalue weighted by molar-refractivity contribution is 5.95. The van der Waals surface area contributed by atoms with Crippen molar-refractivity contribution in [3.05, 3.63) is 76.6 Å². The van der Waals surface area contributed by atoms with E-state index in [1.807, 2.05) is 19.1 Å². The Balaban J connectivity index is 1.37. The lowest BCUT2D eigenvalue weighted by Gasteiger charge is -2.23. The minimum Gasteiger partial charge on any atom is -0.478 e. The normalized spacial score (nSPS) is 13.7. The number of aliphatic carboxylic acids is 1. The number of ether oxygens (including phenoxy) is 1. The van der Waals surface area contributed by atoms with Gasteiger partial charge in [-0.25, -0.2) is 14.8 Å². The third-order valence-corrected chi connectivity index (χ3v) is 6.52. The first-order chi connectivity index (χ1) is 18.3.